The van der Waals surface area contributed by atoms with Gasteiger partial charge in [-0.1, -0.05) is 36.4 Å². The lowest BCUT2D eigenvalue weighted by Gasteiger charge is -2.14. The SMILES string of the molecule is C[C@H](NC(=O)c1cc(-c2ccccc2)n[nH]1)c1ccc2c(c1)OCO2. The summed E-state index contributed by atoms with van der Waals surface area (Å²) < 4.78 is 10.7. The second-order valence-electron chi connectivity index (χ2n) is 5.84. The maximum absolute atomic E-state index is 12.5. The van der Waals surface area contributed by atoms with Gasteiger partial charge < -0.3 is 14.8 Å². The lowest BCUT2D eigenvalue weighted by molar-refractivity contribution is 0.0934. The molecule has 0 radical (unpaired) electrons. The standard InChI is InChI=1S/C19H17N3O3/c1-12(14-7-8-17-18(9-14)25-11-24-17)20-19(23)16-10-15(21-22-16)13-5-3-2-4-6-13/h2-10,12H,11H2,1H3,(H,20,23)(H,21,22)/t12-/m0/s1. The number of benzene rings is 2. The van der Waals surface area contributed by atoms with Gasteiger partial charge in [0.1, 0.15) is 5.69 Å². The van der Waals surface area contributed by atoms with Crippen LogP contribution >= 0.6 is 0 Å². The van der Waals surface area contributed by atoms with Crippen molar-refractivity contribution in [1.29, 1.82) is 0 Å². The van der Waals surface area contributed by atoms with Crippen LogP contribution in [0, 0.1) is 0 Å². The van der Waals surface area contributed by atoms with E-state index in [-0.39, 0.29) is 18.7 Å². The van der Waals surface area contributed by atoms with Crippen LogP contribution in [0.4, 0.5) is 0 Å². The molecule has 1 aromatic heterocycles. The summed E-state index contributed by atoms with van der Waals surface area (Å²) in [5.41, 5.74) is 3.06. The molecule has 6 nitrogen and oxygen atoms in total. The summed E-state index contributed by atoms with van der Waals surface area (Å²) in [7, 11) is 0. The average Bonchev–Trinajstić information content (AvgIpc) is 3.31. The average molecular weight is 335 g/mol. The largest absolute Gasteiger partial charge is 0.454 e. The molecule has 0 spiro atoms. The van der Waals surface area contributed by atoms with E-state index in [9.17, 15) is 4.79 Å². The van der Waals surface area contributed by atoms with Crippen LogP contribution in [0.3, 0.4) is 0 Å². The molecule has 1 aliphatic heterocycles. The van der Waals surface area contributed by atoms with Crippen LogP contribution in [-0.2, 0) is 0 Å². The Morgan fingerprint density at radius 3 is 2.76 bits per heavy atom. The molecule has 3 aromatic rings. The van der Waals surface area contributed by atoms with Gasteiger partial charge in [-0.25, -0.2) is 0 Å². The summed E-state index contributed by atoms with van der Waals surface area (Å²) >= 11 is 0. The Hall–Kier alpha value is -3.28. The van der Waals surface area contributed by atoms with Crippen molar-refractivity contribution in [2.75, 3.05) is 6.79 Å². The van der Waals surface area contributed by atoms with Gasteiger partial charge in [-0.05, 0) is 30.7 Å². The molecule has 0 saturated carbocycles. The quantitative estimate of drug-likeness (QED) is 0.767. The van der Waals surface area contributed by atoms with E-state index < -0.39 is 0 Å². The summed E-state index contributed by atoms with van der Waals surface area (Å²) in [4.78, 5) is 12.5. The number of fused-ring (bicyclic) bond motifs is 1. The molecule has 2 aromatic carbocycles. The topological polar surface area (TPSA) is 76.2 Å². The summed E-state index contributed by atoms with van der Waals surface area (Å²) in [5, 5.41) is 9.97. The maximum atomic E-state index is 12.5. The number of amides is 1. The van der Waals surface area contributed by atoms with Crippen LogP contribution < -0.4 is 14.8 Å². The number of rotatable bonds is 4. The molecular weight excluding hydrogens is 318 g/mol. The minimum absolute atomic E-state index is 0.175. The molecule has 0 aliphatic carbocycles. The minimum atomic E-state index is -0.208. The predicted molar refractivity (Wildman–Crippen MR) is 92.5 cm³/mol. The Morgan fingerprint density at radius 2 is 1.92 bits per heavy atom. The molecule has 2 N–H and O–H groups in total. The zero-order valence-corrected chi connectivity index (χ0v) is 13.7. The monoisotopic (exact) mass is 335 g/mol. The maximum Gasteiger partial charge on any atom is 0.269 e. The second-order valence-corrected chi connectivity index (χ2v) is 5.84. The summed E-state index contributed by atoms with van der Waals surface area (Å²) in [6.45, 7) is 2.15. The molecule has 2 heterocycles. The number of H-pyrrole nitrogens is 1. The number of aromatic nitrogens is 2. The molecule has 25 heavy (non-hydrogen) atoms. The van der Waals surface area contributed by atoms with Crippen LogP contribution in [-0.4, -0.2) is 22.9 Å². The van der Waals surface area contributed by atoms with Gasteiger partial charge in [-0.15, -0.1) is 0 Å². The Labute approximate surface area is 144 Å². The molecule has 1 atom stereocenters. The van der Waals surface area contributed by atoms with Gasteiger partial charge in [0, 0.05) is 5.56 Å². The number of aromatic amines is 1. The van der Waals surface area contributed by atoms with Crippen molar-refractivity contribution >= 4 is 5.91 Å². The normalized spacial score (nSPS) is 13.5. The van der Waals surface area contributed by atoms with Gasteiger partial charge >= 0.3 is 0 Å². The molecule has 126 valence electrons. The van der Waals surface area contributed by atoms with E-state index in [1.165, 1.54) is 0 Å². The number of nitrogens with zero attached hydrogens (tertiary/aromatic N) is 1. The van der Waals surface area contributed by atoms with Crippen LogP contribution in [0.15, 0.2) is 54.6 Å². The van der Waals surface area contributed by atoms with Gasteiger partial charge in [0.05, 0.1) is 11.7 Å². The molecule has 0 fully saturated rings. The molecule has 0 saturated heterocycles. The van der Waals surface area contributed by atoms with Crippen molar-refractivity contribution in [3.8, 4) is 22.8 Å². The lowest BCUT2D eigenvalue weighted by Crippen LogP contribution is -2.26. The van der Waals surface area contributed by atoms with Crippen LogP contribution in [0.1, 0.15) is 29.0 Å². The number of hydrogen-bond acceptors (Lipinski definition) is 4. The van der Waals surface area contributed by atoms with Gasteiger partial charge in [0.25, 0.3) is 5.91 Å². The first kappa shape index (κ1) is 15.3. The number of ether oxygens (including phenoxy) is 2. The van der Waals surface area contributed by atoms with Crippen molar-refractivity contribution in [1.82, 2.24) is 15.5 Å². The fraction of sp³-hybridized carbons (Fsp3) is 0.158. The van der Waals surface area contributed by atoms with E-state index in [0.717, 1.165) is 22.6 Å². The smallest absolute Gasteiger partial charge is 0.269 e. The number of nitrogens with one attached hydrogen (secondary N) is 2. The molecule has 1 aliphatic rings. The second kappa shape index (κ2) is 6.32. The Balaban J connectivity index is 1.47. The fourth-order valence-corrected chi connectivity index (χ4v) is 2.74. The highest BCUT2D eigenvalue weighted by Crippen LogP contribution is 2.34. The summed E-state index contributed by atoms with van der Waals surface area (Å²) in [5.74, 6) is 1.22. The number of carbonyl (C=O) groups excluding carboxylic acids is 1. The van der Waals surface area contributed by atoms with Crippen molar-refractivity contribution < 1.29 is 14.3 Å². The highest BCUT2D eigenvalue weighted by molar-refractivity contribution is 5.93. The molecule has 0 bridgehead atoms. The first-order valence-electron chi connectivity index (χ1n) is 8.02. The Morgan fingerprint density at radius 1 is 1.12 bits per heavy atom. The summed E-state index contributed by atoms with van der Waals surface area (Å²) in [6.07, 6.45) is 0. The van der Waals surface area contributed by atoms with Crippen LogP contribution in [0.2, 0.25) is 0 Å². The third-order valence-corrected chi connectivity index (χ3v) is 4.14. The van der Waals surface area contributed by atoms with Gasteiger partial charge in [-0.3, -0.25) is 9.89 Å². The van der Waals surface area contributed by atoms with Gasteiger partial charge in [0.2, 0.25) is 6.79 Å². The highest BCUT2D eigenvalue weighted by atomic mass is 16.7. The van der Waals surface area contributed by atoms with E-state index in [1.807, 2.05) is 55.5 Å². The first-order valence-corrected chi connectivity index (χ1v) is 8.02. The van der Waals surface area contributed by atoms with Crippen molar-refractivity contribution in [2.45, 2.75) is 13.0 Å². The van der Waals surface area contributed by atoms with Gasteiger partial charge in [0.15, 0.2) is 11.5 Å². The summed E-state index contributed by atoms with van der Waals surface area (Å²) in [6, 6.07) is 16.9. The molecule has 6 heteroatoms. The number of carbonyl (C=O) groups is 1. The minimum Gasteiger partial charge on any atom is -0.454 e. The van der Waals surface area contributed by atoms with Crippen molar-refractivity contribution in [3.05, 3.63) is 65.9 Å². The van der Waals surface area contributed by atoms with E-state index in [0.29, 0.717) is 11.4 Å². The number of hydrogen-bond donors (Lipinski definition) is 2. The van der Waals surface area contributed by atoms with Crippen molar-refractivity contribution in [3.63, 3.8) is 0 Å². The predicted octanol–water partition coefficient (Wildman–Crippen LogP) is 3.30. The highest BCUT2D eigenvalue weighted by Gasteiger charge is 2.18. The molecule has 4 rings (SSSR count). The van der Waals surface area contributed by atoms with E-state index in [4.69, 9.17) is 9.47 Å². The molecule has 1 amide bonds. The zero-order valence-electron chi connectivity index (χ0n) is 13.7. The Kier molecular flexibility index (Phi) is 3.85. The van der Waals surface area contributed by atoms with Crippen molar-refractivity contribution in [2.24, 2.45) is 0 Å². The van der Waals surface area contributed by atoms with E-state index in [2.05, 4.69) is 15.5 Å². The lowest BCUT2D eigenvalue weighted by atomic mass is 10.1. The first-order chi connectivity index (χ1) is 12.2. The molecular formula is C19H17N3O3. The Bertz CT molecular complexity index is 905. The third kappa shape index (κ3) is 3.06. The van der Waals surface area contributed by atoms with Crippen LogP contribution in [0.25, 0.3) is 11.3 Å². The van der Waals surface area contributed by atoms with Gasteiger partial charge in [-0.2, -0.15) is 5.10 Å². The zero-order chi connectivity index (χ0) is 17.2. The van der Waals surface area contributed by atoms with Crippen LogP contribution in [0.5, 0.6) is 11.5 Å². The third-order valence-electron chi connectivity index (χ3n) is 4.14. The van der Waals surface area contributed by atoms with E-state index >= 15 is 0 Å². The molecule has 0 unspecified atom stereocenters. The fourth-order valence-electron chi connectivity index (χ4n) is 2.74. The van der Waals surface area contributed by atoms with E-state index in [1.54, 1.807) is 6.07 Å².